The highest BCUT2D eigenvalue weighted by molar-refractivity contribution is 5.82. The number of amides is 1. The molecule has 1 fully saturated rings. The standard InChI is InChI=1S/C18H29NO4/c1-14(18(21)22-2)13-19(17(20)16-9-6-12-23-16)11-10-15-7-4-3-5-8-15/h7,14,16H,3-6,8-13H2,1-2H3. The third kappa shape index (κ3) is 5.34. The number of allylic oxidation sites excluding steroid dienone is 1. The molecule has 0 aromatic carbocycles. The van der Waals surface area contributed by atoms with Crippen molar-refractivity contribution in [3.63, 3.8) is 0 Å². The second-order valence-corrected chi connectivity index (χ2v) is 6.57. The molecule has 2 aliphatic rings. The van der Waals surface area contributed by atoms with Gasteiger partial charge in [-0.3, -0.25) is 9.59 Å². The number of carbonyl (C=O) groups excluding carboxylic acids is 2. The van der Waals surface area contributed by atoms with Crippen LogP contribution in [-0.4, -0.2) is 49.7 Å². The van der Waals surface area contributed by atoms with Crippen LogP contribution in [0.3, 0.4) is 0 Å². The molecule has 1 amide bonds. The van der Waals surface area contributed by atoms with Gasteiger partial charge < -0.3 is 14.4 Å². The average molecular weight is 323 g/mol. The zero-order chi connectivity index (χ0) is 16.7. The van der Waals surface area contributed by atoms with Gasteiger partial charge in [-0.05, 0) is 44.9 Å². The molecule has 0 spiro atoms. The molecule has 130 valence electrons. The van der Waals surface area contributed by atoms with Crippen LogP contribution < -0.4 is 0 Å². The summed E-state index contributed by atoms with van der Waals surface area (Å²) >= 11 is 0. The lowest BCUT2D eigenvalue weighted by molar-refractivity contribution is -0.148. The van der Waals surface area contributed by atoms with E-state index in [1.807, 2.05) is 6.92 Å². The monoisotopic (exact) mass is 323 g/mol. The number of esters is 1. The summed E-state index contributed by atoms with van der Waals surface area (Å²) < 4.78 is 10.3. The van der Waals surface area contributed by atoms with Crippen molar-refractivity contribution >= 4 is 11.9 Å². The van der Waals surface area contributed by atoms with E-state index in [0.717, 1.165) is 32.1 Å². The van der Waals surface area contributed by atoms with Gasteiger partial charge in [-0.25, -0.2) is 0 Å². The highest BCUT2D eigenvalue weighted by atomic mass is 16.5. The SMILES string of the molecule is COC(=O)C(C)CN(CCC1=CCCCC1)C(=O)C1CCCO1. The van der Waals surface area contributed by atoms with Crippen LogP contribution in [0.4, 0.5) is 0 Å². The van der Waals surface area contributed by atoms with E-state index >= 15 is 0 Å². The van der Waals surface area contributed by atoms with E-state index in [4.69, 9.17) is 9.47 Å². The van der Waals surface area contributed by atoms with E-state index in [-0.39, 0.29) is 23.9 Å². The number of nitrogens with zero attached hydrogens (tertiary/aromatic N) is 1. The molecule has 1 aliphatic heterocycles. The lowest BCUT2D eigenvalue weighted by Crippen LogP contribution is -2.43. The molecular weight excluding hydrogens is 294 g/mol. The summed E-state index contributed by atoms with van der Waals surface area (Å²) in [6.45, 7) is 3.52. The van der Waals surface area contributed by atoms with Gasteiger partial charge >= 0.3 is 5.97 Å². The first-order chi connectivity index (χ1) is 11.1. The van der Waals surface area contributed by atoms with Crippen LogP contribution in [0.15, 0.2) is 11.6 Å². The molecule has 23 heavy (non-hydrogen) atoms. The molecule has 5 nitrogen and oxygen atoms in total. The van der Waals surface area contributed by atoms with Gasteiger partial charge in [-0.15, -0.1) is 0 Å². The molecule has 5 heteroatoms. The largest absolute Gasteiger partial charge is 0.469 e. The predicted octanol–water partition coefficient (Wildman–Crippen LogP) is 2.69. The van der Waals surface area contributed by atoms with Crippen molar-refractivity contribution in [1.82, 2.24) is 4.90 Å². The Hall–Kier alpha value is -1.36. The Bertz CT molecular complexity index is 440. The fourth-order valence-electron chi connectivity index (χ4n) is 3.28. The van der Waals surface area contributed by atoms with E-state index in [1.165, 1.54) is 25.5 Å². The minimum absolute atomic E-state index is 0.0228. The minimum Gasteiger partial charge on any atom is -0.469 e. The van der Waals surface area contributed by atoms with Crippen molar-refractivity contribution < 1.29 is 19.1 Å². The van der Waals surface area contributed by atoms with Gasteiger partial charge in [0.1, 0.15) is 6.10 Å². The molecule has 0 saturated carbocycles. The first-order valence-electron chi connectivity index (χ1n) is 8.78. The van der Waals surface area contributed by atoms with Crippen LogP contribution in [0, 0.1) is 5.92 Å². The molecule has 0 bridgehead atoms. The van der Waals surface area contributed by atoms with Crippen molar-refractivity contribution in [2.75, 3.05) is 26.8 Å². The first-order valence-corrected chi connectivity index (χ1v) is 8.78. The fraction of sp³-hybridized carbons (Fsp3) is 0.778. The van der Waals surface area contributed by atoms with Crippen molar-refractivity contribution in [2.24, 2.45) is 5.92 Å². The van der Waals surface area contributed by atoms with Crippen LogP contribution in [0.2, 0.25) is 0 Å². The molecule has 0 N–H and O–H groups in total. The number of methoxy groups -OCH3 is 1. The van der Waals surface area contributed by atoms with E-state index in [0.29, 0.717) is 19.7 Å². The summed E-state index contributed by atoms with van der Waals surface area (Å²) in [5, 5.41) is 0. The van der Waals surface area contributed by atoms with E-state index in [9.17, 15) is 9.59 Å². The number of ether oxygens (including phenoxy) is 2. The van der Waals surface area contributed by atoms with E-state index in [2.05, 4.69) is 6.08 Å². The Balaban J connectivity index is 1.96. The molecule has 2 unspecified atom stereocenters. The molecule has 0 aromatic rings. The fourth-order valence-corrected chi connectivity index (χ4v) is 3.28. The Morgan fingerprint density at radius 1 is 1.39 bits per heavy atom. The summed E-state index contributed by atoms with van der Waals surface area (Å²) in [6.07, 6.45) is 9.37. The van der Waals surface area contributed by atoms with Gasteiger partial charge in [0.25, 0.3) is 5.91 Å². The Morgan fingerprint density at radius 3 is 2.83 bits per heavy atom. The first kappa shape index (κ1) is 18.0. The molecule has 2 rings (SSSR count). The number of carbonyl (C=O) groups is 2. The van der Waals surface area contributed by atoms with E-state index < -0.39 is 0 Å². The lowest BCUT2D eigenvalue weighted by Gasteiger charge is -2.28. The molecule has 0 radical (unpaired) electrons. The second-order valence-electron chi connectivity index (χ2n) is 6.57. The minimum atomic E-state index is -0.333. The summed E-state index contributed by atoms with van der Waals surface area (Å²) in [6, 6.07) is 0. The lowest BCUT2D eigenvalue weighted by atomic mass is 9.97. The molecular formula is C18H29NO4. The molecule has 1 aliphatic carbocycles. The normalized spacial score (nSPS) is 22.3. The number of hydrogen-bond acceptors (Lipinski definition) is 4. The average Bonchev–Trinajstić information content (AvgIpc) is 3.12. The molecule has 1 saturated heterocycles. The van der Waals surface area contributed by atoms with Crippen molar-refractivity contribution in [2.45, 2.75) is 58.0 Å². The van der Waals surface area contributed by atoms with Crippen molar-refractivity contribution in [1.29, 1.82) is 0 Å². The highest BCUT2D eigenvalue weighted by Crippen LogP contribution is 2.22. The maximum atomic E-state index is 12.7. The van der Waals surface area contributed by atoms with Gasteiger partial charge in [-0.2, -0.15) is 0 Å². The molecule has 2 atom stereocenters. The zero-order valence-corrected chi connectivity index (χ0v) is 14.4. The Labute approximate surface area is 139 Å². The van der Waals surface area contributed by atoms with Crippen LogP contribution in [-0.2, 0) is 19.1 Å². The topological polar surface area (TPSA) is 55.8 Å². The van der Waals surface area contributed by atoms with Gasteiger partial charge in [0.2, 0.25) is 0 Å². The summed E-state index contributed by atoms with van der Waals surface area (Å²) in [4.78, 5) is 26.2. The third-order valence-corrected chi connectivity index (χ3v) is 4.70. The Morgan fingerprint density at radius 2 is 2.22 bits per heavy atom. The quantitative estimate of drug-likeness (QED) is 0.534. The Kier molecular flexibility index (Phi) is 7.09. The summed E-state index contributed by atoms with van der Waals surface area (Å²) in [5.74, 6) is -0.563. The van der Waals surface area contributed by atoms with Gasteiger partial charge in [0, 0.05) is 19.7 Å². The van der Waals surface area contributed by atoms with Crippen LogP contribution in [0.1, 0.15) is 51.9 Å². The highest BCUT2D eigenvalue weighted by Gasteiger charge is 2.30. The number of hydrogen-bond donors (Lipinski definition) is 0. The number of rotatable bonds is 7. The molecule has 1 heterocycles. The third-order valence-electron chi connectivity index (χ3n) is 4.70. The second kappa shape index (κ2) is 9.06. The van der Waals surface area contributed by atoms with Gasteiger partial charge in [0.05, 0.1) is 13.0 Å². The van der Waals surface area contributed by atoms with Crippen molar-refractivity contribution in [3.8, 4) is 0 Å². The van der Waals surface area contributed by atoms with Crippen LogP contribution in [0.25, 0.3) is 0 Å². The van der Waals surface area contributed by atoms with Crippen LogP contribution >= 0.6 is 0 Å². The maximum absolute atomic E-state index is 12.7. The summed E-state index contributed by atoms with van der Waals surface area (Å²) in [7, 11) is 1.39. The van der Waals surface area contributed by atoms with E-state index in [1.54, 1.807) is 4.90 Å². The predicted molar refractivity (Wildman–Crippen MR) is 87.9 cm³/mol. The summed E-state index contributed by atoms with van der Waals surface area (Å²) in [5.41, 5.74) is 1.44. The maximum Gasteiger partial charge on any atom is 0.310 e. The van der Waals surface area contributed by atoms with Gasteiger partial charge in [0.15, 0.2) is 0 Å². The van der Waals surface area contributed by atoms with Gasteiger partial charge in [-0.1, -0.05) is 18.6 Å². The van der Waals surface area contributed by atoms with Crippen LogP contribution in [0.5, 0.6) is 0 Å². The smallest absolute Gasteiger partial charge is 0.310 e. The zero-order valence-electron chi connectivity index (χ0n) is 14.4. The molecule has 0 aromatic heterocycles. The van der Waals surface area contributed by atoms with Crippen molar-refractivity contribution in [3.05, 3.63) is 11.6 Å².